The summed E-state index contributed by atoms with van der Waals surface area (Å²) in [6.45, 7) is 4.77. The first-order valence-corrected chi connectivity index (χ1v) is 11.4. The maximum Gasteiger partial charge on any atom is 0.422 e. The maximum atomic E-state index is 13.5. The van der Waals surface area contributed by atoms with Crippen LogP contribution in [0.2, 0.25) is 0 Å². The van der Waals surface area contributed by atoms with Gasteiger partial charge in [0.1, 0.15) is 0 Å². The average molecular weight is 524 g/mol. The summed E-state index contributed by atoms with van der Waals surface area (Å²) in [6.07, 6.45) is -6.11. The Kier molecular flexibility index (Phi) is 7.34. The molecule has 0 radical (unpaired) electrons. The van der Waals surface area contributed by atoms with Crippen LogP contribution in [0.25, 0.3) is 0 Å². The van der Waals surface area contributed by atoms with E-state index in [2.05, 4.69) is 11.6 Å². The van der Waals surface area contributed by atoms with Gasteiger partial charge in [0.05, 0.1) is 27.7 Å². The van der Waals surface area contributed by atoms with Crippen LogP contribution in [0.1, 0.15) is 42.1 Å². The predicted octanol–water partition coefficient (Wildman–Crippen LogP) is 5.07. The number of hydrogen-bond acceptors (Lipinski definition) is 5. The van der Waals surface area contributed by atoms with E-state index in [0.29, 0.717) is 17.8 Å². The summed E-state index contributed by atoms with van der Waals surface area (Å²) < 4.78 is 86.1. The molecule has 13 heteroatoms. The lowest BCUT2D eigenvalue weighted by atomic mass is 9.81. The van der Waals surface area contributed by atoms with Crippen LogP contribution in [0, 0.1) is 0 Å². The van der Waals surface area contributed by atoms with Crippen molar-refractivity contribution in [3.8, 4) is 0 Å². The van der Waals surface area contributed by atoms with Crippen LogP contribution in [-0.4, -0.2) is 62.6 Å². The molecule has 0 spiro atoms. The van der Waals surface area contributed by atoms with Crippen LogP contribution >= 0.6 is 11.8 Å². The van der Waals surface area contributed by atoms with Gasteiger partial charge in [-0.3, -0.25) is 9.78 Å². The Hall–Kier alpha value is -2.54. The van der Waals surface area contributed by atoms with Crippen LogP contribution in [0.3, 0.4) is 0 Å². The third-order valence-electron chi connectivity index (χ3n) is 5.88. The molecule has 35 heavy (non-hydrogen) atoms. The Balaban J connectivity index is 2.05. The molecule has 3 heterocycles. The number of ether oxygens (including phenoxy) is 1. The third kappa shape index (κ3) is 5.35. The van der Waals surface area contributed by atoms with E-state index < -0.39 is 57.5 Å². The van der Waals surface area contributed by atoms with Gasteiger partial charge in [0.15, 0.2) is 5.60 Å². The highest BCUT2D eigenvalue weighted by Crippen LogP contribution is 2.47. The van der Waals surface area contributed by atoms with Crippen LogP contribution in [-0.2, 0) is 15.7 Å². The minimum absolute atomic E-state index is 0.0341. The number of nitrogens with zero attached hydrogens (tertiary/aromatic N) is 2. The molecule has 0 aliphatic carbocycles. The molecule has 1 unspecified atom stereocenters. The highest BCUT2D eigenvalue weighted by molar-refractivity contribution is 8.03. The minimum atomic E-state index is -4.87. The van der Waals surface area contributed by atoms with Crippen LogP contribution in [0.15, 0.2) is 42.1 Å². The highest BCUT2D eigenvalue weighted by atomic mass is 32.2. The lowest BCUT2D eigenvalue weighted by molar-refractivity contribution is -0.200. The van der Waals surface area contributed by atoms with Gasteiger partial charge < -0.3 is 14.7 Å². The van der Waals surface area contributed by atoms with Crippen LogP contribution in [0.4, 0.5) is 26.3 Å². The van der Waals surface area contributed by atoms with Crippen LogP contribution < -0.4 is 0 Å². The number of carbonyl (C=O) groups excluding carboxylic acids is 1. The number of carbonyl (C=O) groups is 2. The summed E-state index contributed by atoms with van der Waals surface area (Å²) in [4.78, 5) is 29.5. The SMILES string of the molecule is C=CC[C@H]1N(C(=O)c2cnccc2C(F)(F)F)CCC[C@@]1(OC1(C)C=C(C(F)(F)F)SC1)C(=O)O. The topological polar surface area (TPSA) is 79.7 Å². The molecule has 3 rings (SSSR count). The quantitative estimate of drug-likeness (QED) is 0.414. The molecule has 1 fully saturated rings. The third-order valence-corrected chi connectivity index (χ3v) is 7.25. The first-order valence-electron chi connectivity index (χ1n) is 10.4. The molecule has 6 nitrogen and oxygen atoms in total. The second kappa shape index (κ2) is 9.49. The summed E-state index contributed by atoms with van der Waals surface area (Å²) in [5.41, 5.74) is -5.84. The molecule has 1 amide bonds. The second-order valence-electron chi connectivity index (χ2n) is 8.47. The van der Waals surface area contributed by atoms with Crippen molar-refractivity contribution in [1.82, 2.24) is 9.88 Å². The minimum Gasteiger partial charge on any atom is -0.479 e. The molecule has 1 saturated heterocycles. The molecule has 2 aliphatic rings. The lowest BCUT2D eigenvalue weighted by Gasteiger charge is -2.49. The van der Waals surface area contributed by atoms with Crippen molar-refractivity contribution >= 4 is 23.6 Å². The number of carboxylic acids is 1. The van der Waals surface area contributed by atoms with E-state index in [1.165, 1.54) is 13.0 Å². The number of allylic oxidation sites excluding steroid dienone is 1. The fraction of sp³-hybridized carbons (Fsp3) is 0.500. The summed E-state index contributed by atoms with van der Waals surface area (Å²) in [6, 6.07) is -0.689. The number of piperidine rings is 1. The molecular weight excluding hydrogens is 502 g/mol. The van der Waals surface area contributed by atoms with Crippen molar-refractivity contribution in [3.63, 3.8) is 0 Å². The molecule has 0 aromatic carbocycles. The molecule has 1 aromatic rings. The number of aromatic nitrogens is 1. The maximum absolute atomic E-state index is 13.5. The van der Waals surface area contributed by atoms with E-state index in [-0.39, 0.29) is 31.6 Å². The van der Waals surface area contributed by atoms with E-state index in [0.717, 1.165) is 23.4 Å². The van der Waals surface area contributed by atoms with Gasteiger partial charge in [-0.25, -0.2) is 4.79 Å². The molecule has 192 valence electrons. The molecule has 2 aliphatic heterocycles. The van der Waals surface area contributed by atoms with E-state index in [1.807, 2.05) is 0 Å². The monoisotopic (exact) mass is 524 g/mol. The first kappa shape index (κ1) is 27.1. The number of likely N-dealkylation sites (tertiary alicyclic amines) is 1. The van der Waals surface area contributed by atoms with Gasteiger partial charge in [-0.2, -0.15) is 26.3 Å². The largest absolute Gasteiger partial charge is 0.479 e. The van der Waals surface area contributed by atoms with E-state index in [9.17, 15) is 41.0 Å². The van der Waals surface area contributed by atoms with Gasteiger partial charge in [-0.05, 0) is 38.3 Å². The van der Waals surface area contributed by atoms with Gasteiger partial charge >= 0.3 is 18.3 Å². The standard InChI is InChI=1S/C22H22F6N2O4S/c1-3-5-15-20(18(32)33,34-19(2)10-16(35-12-19)22(26,27)28)7-4-9-30(15)17(31)13-11-29-8-6-14(13)21(23,24)25/h3,6,8,10-11,15H,1,4-5,7,9,12H2,2H3,(H,32,33)/t15-,19?,20+/m1/s1. The fourth-order valence-electron chi connectivity index (χ4n) is 4.40. The molecular formula is C22H22F6N2O4S. The summed E-state index contributed by atoms with van der Waals surface area (Å²) in [5, 5.41) is 10.2. The normalized spacial score (nSPS) is 27.5. The highest BCUT2D eigenvalue weighted by Gasteiger charge is 2.57. The number of alkyl halides is 6. The number of thioether (sulfide) groups is 1. The van der Waals surface area contributed by atoms with Crippen molar-refractivity contribution in [2.75, 3.05) is 12.3 Å². The molecule has 0 bridgehead atoms. The number of amides is 1. The van der Waals surface area contributed by atoms with E-state index in [1.54, 1.807) is 0 Å². The smallest absolute Gasteiger partial charge is 0.422 e. The summed E-state index contributed by atoms with van der Waals surface area (Å²) in [7, 11) is 0. The molecule has 1 aromatic heterocycles. The molecule has 0 saturated carbocycles. The number of hydrogen-bond donors (Lipinski definition) is 1. The Bertz CT molecular complexity index is 1040. The van der Waals surface area contributed by atoms with Gasteiger partial charge in [0.2, 0.25) is 0 Å². The van der Waals surface area contributed by atoms with Gasteiger partial charge in [0.25, 0.3) is 5.91 Å². The number of halogens is 6. The summed E-state index contributed by atoms with van der Waals surface area (Å²) >= 11 is 0.463. The van der Waals surface area contributed by atoms with Gasteiger partial charge in [-0.15, -0.1) is 18.3 Å². The second-order valence-corrected chi connectivity index (χ2v) is 9.48. The number of pyridine rings is 1. The van der Waals surface area contributed by atoms with Crippen molar-refractivity contribution < 1.29 is 45.8 Å². The van der Waals surface area contributed by atoms with Crippen molar-refractivity contribution in [3.05, 3.63) is 53.2 Å². The van der Waals surface area contributed by atoms with E-state index >= 15 is 0 Å². The first-order chi connectivity index (χ1) is 16.1. The Morgan fingerprint density at radius 2 is 2.00 bits per heavy atom. The fourth-order valence-corrected chi connectivity index (χ4v) is 5.48. The Morgan fingerprint density at radius 3 is 2.54 bits per heavy atom. The summed E-state index contributed by atoms with van der Waals surface area (Å²) in [5.74, 6) is -2.88. The van der Waals surface area contributed by atoms with E-state index in [4.69, 9.17) is 4.74 Å². The zero-order valence-electron chi connectivity index (χ0n) is 18.4. The van der Waals surface area contributed by atoms with Crippen molar-refractivity contribution in [2.45, 2.75) is 55.8 Å². The number of rotatable bonds is 6. The zero-order valence-corrected chi connectivity index (χ0v) is 19.3. The van der Waals surface area contributed by atoms with Crippen molar-refractivity contribution in [2.24, 2.45) is 0 Å². The predicted molar refractivity (Wildman–Crippen MR) is 115 cm³/mol. The van der Waals surface area contributed by atoms with Crippen molar-refractivity contribution in [1.29, 1.82) is 0 Å². The molecule has 1 N–H and O–H groups in total. The number of aliphatic carboxylic acids is 1. The zero-order chi connectivity index (χ0) is 26.2. The molecule has 3 atom stereocenters. The van der Waals surface area contributed by atoms with Gasteiger partial charge in [-0.1, -0.05) is 6.08 Å². The van der Waals surface area contributed by atoms with Gasteiger partial charge in [0, 0.05) is 24.7 Å². The number of carboxylic acid groups (broad SMARTS) is 1. The average Bonchev–Trinajstić information content (AvgIpc) is 3.16. The lowest BCUT2D eigenvalue weighted by Crippen LogP contribution is -2.65. The Morgan fingerprint density at radius 1 is 1.31 bits per heavy atom. The Labute approximate surface area is 201 Å². The van der Waals surface area contributed by atoms with Crippen LogP contribution in [0.5, 0.6) is 0 Å².